The van der Waals surface area contributed by atoms with Crippen molar-refractivity contribution in [2.75, 3.05) is 11.9 Å². The number of thiophene rings is 1. The Bertz CT molecular complexity index is 1090. The normalized spacial score (nSPS) is 15.1. The van der Waals surface area contributed by atoms with Crippen molar-refractivity contribution in [1.29, 1.82) is 0 Å². The van der Waals surface area contributed by atoms with Gasteiger partial charge in [-0.25, -0.2) is 10.2 Å². The third-order valence-electron chi connectivity index (χ3n) is 4.89. The Morgan fingerprint density at radius 3 is 2.84 bits per heavy atom. The monoisotopic (exact) mass is 458 g/mol. The van der Waals surface area contributed by atoms with E-state index in [9.17, 15) is 24.5 Å². The third-order valence-corrected chi connectivity index (χ3v) is 6.06. The number of nitrogens with zero attached hydrogens (tertiary/aromatic N) is 2. The zero-order valence-electron chi connectivity index (χ0n) is 17.5. The first kappa shape index (κ1) is 23.1. The lowest BCUT2D eigenvalue weighted by Gasteiger charge is -2.18. The van der Waals surface area contributed by atoms with Gasteiger partial charge in [0.1, 0.15) is 5.00 Å². The van der Waals surface area contributed by atoms with Gasteiger partial charge in [-0.15, -0.1) is 11.3 Å². The summed E-state index contributed by atoms with van der Waals surface area (Å²) < 4.78 is 5.15. The SMILES string of the molecule is CCOC(=O)c1c(NC(=O)C(=O)N/N=C/c2cccc([N+](=O)[O-])c2)sc2c1CCC(C)C2. The molecule has 1 aromatic carbocycles. The first-order valence-electron chi connectivity index (χ1n) is 10.0. The number of anilines is 1. The average Bonchev–Trinajstić information content (AvgIpc) is 3.10. The van der Waals surface area contributed by atoms with Crippen LogP contribution in [0.2, 0.25) is 0 Å². The number of fused-ring (bicyclic) bond motifs is 1. The molecule has 32 heavy (non-hydrogen) atoms. The molecule has 1 heterocycles. The fourth-order valence-electron chi connectivity index (χ4n) is 3.35. The second-order valence-corrected chi connectivity index (χ2v) is 8.39. The molecule has 0 saturated heterocycles. The van der Waals surface area contributed by atoms with Gasteiger partial charge < -0.3 is 10.1 Å². The smallest absolute Gasteiger partial charge is 0.341 e. The number of nitrogens with one attached hydrogen (secondary N) is 2. The lowest BCUT2D eigenvalue weighted by molar-refractivity contribution is -0.384. The minimum Gasteiger partial charge on any atom is -0.462 e. The van der Waals surface area contributed by atoms with Gasteiger partial charge in [0.2, 0.25) is 0 Å². The number of hydrogen-bond acceptors (Lipinski definition) is 8. The Kier molecular flexibility index (Phi) is 7.31. The van der Waals surface area contributed by atoms with Crippen LogP contribution in [0.4, 0.5) is 10.7 Å². The molecule has 1 atom stereocenters. The number of carbonyl (C=O) groups is 3. The van der Waals surface area contributed by atoms with Crippen molar-refractivity contribution >= 4 is 46.0 Å². The zero-order chi connectivity index (χ0) is 23.3. The highest BCUT2D eigenvalue weighted by atomic mass is 32.1. The van der Waals surface area contributed by atoms with Crippen molar-refractivity contribution in [3.63, 3.8) is 0 Å². The van der Waals surface area contributed by atoms with Gasteiger partial charge in [-0.05, 0) is 37.7 Å². The number of ether oxygens (including phenoxy) is 1. The fourth-order valence-corrected chi connectivity index (χ4v) is 4.75. The van der Waals surface area contributed by atoms with Crippen LogP contribution in [0.1, 0.15) is 46.6 Å². The Morgan fingerprint density at radius 2 is 2.12 bits per heavy atom. The van der Waals surface area contributed by atoms with E-state index in [-0.39, 0.29) is 17.3 Å². The molecule has 2 aromatic rings. The van der Waals surface area contributed by atoms with E-state index in [1.807, 2.05) is 0 Å². The molecule has 11 heteroatoms. The molecule has 0 saturated carbocycles. The molecule has 1 aliphatic rings. The summed E-state index contributed by atoms with van der Waals surface area (Å²) in [5, 5.41) is 17.3. The van der Waals surface area contributed by atoms with E-state index in [4.69, 9.17) is 4.74 Å². The van der Waals surface area contributed by atoms with Gasteiger partial charge >= 0.3 is 17.8 Å². The number of amides is 2. The standard InChI is InChI=1S/C21H22N4O6S/c1-3-31-21(28)17-15-8-7-12(2)9-16(15)32-20(17)23-18(26)19(27)24-22-11-13-5-4-6-14(10-13)25(29)30/h4-6,10-12H,3,7-9H2,1-2H3,(H,23,26)(H,24,27)/b22-11+. The Morgan fingerprint density at radius 1 is 1.34 bits per heavy atom. The van der Waals surface area contributed by atoms with E-state index in [1.165, 1.54) is 35.8 Å². The molecule has 2 amide bonds. The minimum absolute atomic E-state index is 0.125. The highest BCUT2D eigenvalue weighted by Crippen LogP contribution is 2.40. The molecule has 0 spiro atoms. The van der Waals surface area contributed by atoms with Crippen molar-refractivity contribution < 1.29 is 24.0 Å². The van der Waals surface area contributed by atoms with Gasteiger partial charge in [-0.3, -0.25) is 19.7 Å². The van der Waals surface area contributed by atoms with Gasteiger partial charge in [-0.1, -0.05) is 19.1 Å². The molecule has 0 aliphatic heterocycles. The number of esters is 1. The molecule has 1 aromatic heterocycles. The number of benzene rings is 1. The van der Waals surface area contributed by atoms with E-state index in [0.29, 0.717) is 23.5 Å². The molecule has 2 N–H and O–H groups in total. The Balaban J connectivity index is 1.71. The lowest BCUT2D eigenvalue weighted by Crippen LogP contribution is -2.32. The molecular formula is C21H22N4O6S. The van der Waals surface area contributed by atoms with Gasteiger partial charge in [-0.2, -0.15) is 5.10 Å². The summed E-state index contributed by atoms with van der Waals surface area (Å²) in [7, 11) is 0. The van der Waals surface area contributed by atoms with E-state index < -0.39 is 22.7 Å². The highest BCUT2D eigenvalue weighted by Gasteiger charge is 2.30. The average molecular weight is 458 g/mol. The molecule has 1 aliphatic carbocycles. The van der Waals surface area contributed by atoms with Crippen LogP contribution in [-0.2, 0) is 27.2 Å². The van der Waals surface area contributed by atoms with E-state index in [1.54, 1.807) is 13.0 Å². The molecule has 0 fully saturated rings. The van der Waals surface area contributed by atoms with Gasteiger partial charge in [0.05, 0.1) is 23.3 Å². The van der Waals surface area contributed by atoms with E-state index in [2.05, 4.69) is 22.8 Å². The summed E-state index contributed by atoms with van der Waals surface area (Å²) in [4.78, 5) is 48.3. The van der Waals surface area contributed by atoms with Crippen molar-refractivity contribution in [3.8, 4) is 0 Å². The van der Waals surface area contributed by atoms with Crippen molar-refractivity contribution in [3.05, 3.63) is 55.9 Å². The molecule has 3 rings (SSSR count). The number of hydrazone groups is 1. The number of carbonyl (C=O) groups excluding carboxylic acids is 3. The second kappa shape index (κ2) is 10.1. The maximum absolute atomic E-state index is 12.5. The van der Waals surface area contributed by atoms with Crippen LogP contribution in [0, 0.1) is 16.0 Å². The second-order valence-electron chi connectivity index (χ2n) is 7.28. The molecular weight excluding hydrogens is 436 g/mol. The van der Waals surface area contributed by atoms with Gasteiger partial charge in [0.25, 0.3) is 5.69 Å². The summed E-state index contributed by atoms with van der Waals surface area (Å²) in [5.74, 6) is -2.09. The van der Waals surface area contributed by atoms with Gasteiger partial charge in [0, 0.05) is 22.6 Å². The maximum atomic E-state index is 12.5. The third kappa shape index (κ3) is 5.35. The largest absolute Gasteiger partial charge is 0.462 e. The number of rotatable bonds is 6. The fraction of sp³-hybridized carbons (Fsp3) is 0.333. The topological polar surface area (TPSA) is 140 Å². The summed E-state index contributed by atoms with van der Waals surface area (Å²) in [6.07, 6.45) is 3.61. The van der Waals surface area contributed by atoms with E-state index >= 15 is 0 Å². The maximum Gasteiger partial charge on any atom is 0.341 e. The van der Waals surface area contributed by atoms with Crippen LogP contribution in [0.3, 0.4) is 0 Å². The van der Waals surface area contributed by atoms with Crippen molar-refractivity contribution in [1.82, 2.24) is 5.43 Å². The predicted molar refractivity (Wildman–Crippen MR) is 119 cm³/mol. The van der Waals surface area contributed by atoms with Gasteiger partial charge in [0.15, 0.2) is 0 Å². The minimum atomic E-state index is -1.04. The molecule has 0 radical (unpaired) electrons. The number of hydrogen-bond donors (Lipinski definition) is 2. The van der Waals surface area contributed by atoms with Crippen LogP contribution < -0.4 is 10.7 Å². The summed E-state index contributed by atoms with van der Waals surface area (Å²) >= 11 is 1.28. The van der Waals surface area contributed by atoms with Crippen LogP contribution in [0.15, 0.2) is 29.4 Å². The Hall–Kier alpha value is -3.60. The number of non-ortho nitro benzene ring substituents is 1. The highest BCUT2D eigenvalue weighted by molar-refractivity contribution is 7.17. The quantitative estimate of drug-likeness (QED) is 0.224. The molecule has 1 unspecified atom stereocenters. The molecule has 10 nitrogen and oxygen atoms in total. The Labute approximate surface area is 187 Å². The molecule has 168 valence electrons. The summed E-state index contributed by atoms with van der Waals surface area (Å²) in [5.41, 5.74) is 3.51. The lowest BCUT2D eigenvalue weighted by atomic mass is 9.88. The van der Waals surface area contributed by atoms with Crippen LogP contribution in [0.25, 0.3) is 0 Å². The van der Waals surface area contributed by atoms with Crippen LogP contribution in [0.5, 0.6) is 0 Å². The molecule has 0 bridgehead atoms. The number of nitro benzene ring substituents is 1. The first-order valence-corrected chi connectivity index (χ1v) is 10.8. The first-order chi connectivity index (χ1) is 15.3. The van der Waals surface area contributed by atoms with Crippen LogP contribution >= 0.6 is 11.3 Å². The zero-order valence-corrected chi connectivity index (χ0v) is 18.4. The summed E-state index contributed by atoms with van der Waals surface area (Å²) in [6, 6.07) is 5.64. The van der Waals surface area contributed by atoms with Crippen molar-refractivity contribution in [2.24, 2.45) is 11.0 Å². The predicted octanol–water partition coefficient (Wildman–Crippen LogP) is 3.05. The number of nitro groups is 1. The summed E-state index contributed by atoms with van der Waals surface area (Å²) in [6.45, 7) is 4.02. The van der Waals surface area contributed by atoms with Crippen LogP contribution in [-0.4, -0.2) is 35.5 Å². The van der Waals surface area contributed by atoms with E-state index in [0.717, 1.165) is 23.3 Å². The van der Waals surface area contributed by atoms with Crippen molar-refractivity contribution in [2.45, 2.75) is 33.1 Å².